The van der Waals surface area contributed by atoms with Gasteiger partial charge in [-0.05, 0) is 11.4 Å². The molecule has 0 unspecified atom stereocenters. The third-order valence-electron chi connectivity index (χ3n) is 2.36. The summed E-state index contributed by atoms with van der Waals surface area (Å²) < 4.78 is 38.7. The first-order valence-corrected chi connectivity index (χ1v) is 6.29. The number of urea groups is 1. The van der Waals surface area contributed by atoms with E-state index in [0.717, 1.165) is 11.3 Å². The van der Waals surface area contributed by atoms with Crippen molar-refractivity contribution < 1.29 is 27.9 Å². The number of halogens is 3. The van der Waals surface area contributed by atoms with Crippen molar-refractivity contribution in [3.63, 3.8) is 0 Å². The number of carboxylic acids is 1. The number of aromatic carboxylic acids is 1. The van der Waals surface area contributed by atoms with Gasteiger partial charge >= 0.3 is 12.0 Å². The Hall–Kier alpha value is -2.55. The highest BCUT2D eigenvalue weighted by molar-refractivity contribution is 7.14. The maximum absolute atomic E-state index is 13.0. The Labute approximate surface area is 120 Å². The van der Waals surface area contributed by atoms with Gasteiger partial charge in [0.2, 0.25) is 0 Å². The zero-order chi connectivity index (χ0) is 15.6. The van der Waals surface area contributed by atoms with Crippen LogP contribution >= 0.6 is 11.3 Å². The number of amides is 2. The lowest BCUT2D eigenvalue weighted by Gasteiger charge is -2.07. The van der Waals surface area contributed by atoms with Crippen LogP contribution in [0.5, 0.6) is 0 Å². The Morgan fingerprint density at radius 2 is 1.71 bits per heavy atom. The fourth-order valence-corrected chi connectivity index (χ4v) is 2.24. The van der Waals surface area contributed by atoms with E-state index in [4.69, 9.17) is 5.11 Å². The molecule has 1 heterocycles. The van der Waals surface area contributed by atoms with Crippen LogP contribution in [0.1, 0.15) is 10.4 Å². The zero-order valence-electron chi connectivity index (χ0n) is 10.1. The van der Waals surface area contributed by atoms with Crippen molar-refractivity contribution in [2.24, 2.45) is 0 Å². The van der Waals surface area contributed by atoms with Gasteiger partial charge in [-0.1, -0.05) is 0 Å². The summed E-state index contributed by atoms with van der Waals surface area (Å²) >= 11 is 0.965. The molecule has 3 N–H and O–H groups in total. The first-order chi connectivity index (χ1) is 9.88. The number of rotatable bonds is 3. The summed E-state index contributed by atoms with van der Waals surface area (Å²) in [5, 5.41) is 14.7. The van der Waals surface area contributed by atoms with Crippen molar-refractivity contribution in [2.45, 2.75) is 0 Å². The second kappa shape index (κ2) is 5.83. The zero-order valence-corrected chi connectivity index (χ0v) is 10.9. The summed E-state index contributed by atoms with van der Waals surface area (Å²) in [7, 11) is 0. The van der Waals surface area contributed by atoms with Crippen molar-refractivity contribution in [3.05, 3.63) is 46.6 Å². The third kappa shape index (κ3) is 3.31. The lowest BCUT2D eigenvalue weighted by atomic mass is 10.3. The first-order valence-electron chi connectivity index (χ1n) is 5.42. The number of nitrogens with one attached hydrogen (secondary N) is 2. The van der Waals surface area contributed by atoms with Gasteiger partial charge in [0.1, 0.15) is 5.00 Å². The molecule has 0 fully saturated rings. The van der Waals surface area contributed by atoms with Crippen LogP contribution < -0.4 is 10.6 Å². The minimum absolute atomic E-state index is 0.0584. The maximum atomic E-state index is 13.0. The summed E-state index contributed by atoms with van der Waals surface area (Å²) in [5.74, 6) is -5.78. The first kappa shape index (κ1) is 14.9. The normalized spacial score (nSPS) is 10.2. The van der Waals surface area contributed by atoms with Gasteiger partial charge in [0, 0.05) is 17.8 Å². The van der Waals surface area contributed by atoms with Crippen molar-refractivity contribution in [1.82, 2.24) is 0 Å². The topological polar surface area (TPSA) is 78.4 Å². The fraction of sp³-hybridized carbons (Fsp3) is 0. The summed E-state index contributed by atoms with van der Waals surface area (Å²) in [6, 6.07) is 1.58. The molecule has 0 spiro atoms. The largest absolute Gasteiger partial charge is 0.478 e. The molecule has 2 rings (SSSR count). The molecule has 0 saturated heterocycles. The highest BCUT2D eigenvalue weighted by atomic mass is 32.1. The third-order valence-corrected chi connectivity index (χ3v) is 3.19. The molecule has 2 amide bonds. The number of carboxylic acid groups (broad SMARTS) is 1. The summed E-state index contributed by atoms with van der Waals surface area (Å²) in [4.78, 5) is 22.5. The predicted octanol–water partition coefficient (Wildman–Crippen LogP) is 3.51. The second-order valence-corrected chi connectivity index (χ2v) is 4.72. The lowest BCUT2D eigenvalue weighted by molar-refractivity contribution is 0.0698. The highest BCUT2D eigenvalue weighted by Crippen LogP contribution is 2.23. The molecule has 0 atom stereocenters. The summed E-state index contributed by atoms with van der Waals surface area (Å²) in [6.07, 6.45) is 0. The number of carbonyl (C=O) groups is 2. The lowest BCUT2D eigenvalue weighted by Crippen LogP contribution is -2.20. The molecule has 110 valence electrons. The fourth-order valence-electron chi connectivity index (χ4n) is 1.47. The molecular formula is C12H7F3N2O3S. The Morgan fingerprint density at radius 1 is 1.10 bits per heavy atom. The number of hydrogen-bond acceptors (Lipinski definition) is 3. The van der Waals surface area contributed by atoms with Gasteiger partial charge in [-0.2, -0.15) is 0 Å². The average molecular weight is 316 g/mol. The summed E-state index contributed by atoms with van der Waals surface area (Å²) in [5.41, 5.74) is -0.427. The average Bonchev–Trinajstić information content (AvgIpc) is 2.83. The van der Waals surface area contributed by atoms with Crippen LogP contribution in [-0.4, -0.2) is 17.1 Å². The van der Waals surface area contributed by atoms with Crippen molar-refractivity contribution in [3.8, 4) is 0 Å². The van der Waals surface area contributed by atoms with E-state index < -0.39 is 29.5 Å². The molecule has 0 saturated carbocycles. The summed E-state index contributed by atoms with van der Waals surface area (Å²) in [6.45, 7) is 0. The molecule has 0 aliphatic heterocycles. The molecule has 0 bridgehead atoms. The van der Waals surface area contributed by atoms with Crippen molar-refractivity contribution in [1.29, 1.82) is 0 Å². The highest BCUT2D eigenvalue weighted by Gasteiger charge is 2.15. The van der Waals surface area contributed by atoms with E-state index in [2.05, 4.69) is 10.6 Å². The quantitative estimate of drug-likeness (QED) is 0.758. The number of anilines is 2. The Kier molecular flexibility index (Phi) is 4.13. The van der Waals surface area contributed by atoms with E-state index in [0.29, 0.717) is 12.1 Å². The van der Waals surface area contributed by atoms with Gasteiger partial charge in [0.25, 0.3) is 0 Å². The molecule has 9 heteroatoms. The minimum atomic E-state index is -1.65. The molecular weight excluding hydrogens is 309 g/mol. The second-order valence-electron chi connectivity index (χ2n) is 3.80. The van der Waals surface area contributed by atoms with Crippen LogP contribution in [0.15, 0.2) is 23.6 Å². The smallest absolute Gasteiger partial charge is 0.338 e. The van der Waals surface area contributed by atoms with Crippen LogP contribution in [0.25, 0.3) is 0 Å². The molecule has 0 aliphatic rings. The van der Waals surface area contributed by atoms with E-state index in [9.17, 15) is 22.8 Å². The van der Waals surface area contributed by atoms with Crippen molar-refractivity contribution in [2.75, 3.05) is 10.6 Å². The van der Waals surface area contributed by atoms with Crippen LogP contribution in [0.2, 0.25) is 0 Å². The molecule has 1 aromatic carbocycles. The van der Waals surface area contributed by atoms with Gasteiger partial charge in [-0.15, -0.1) is 11.3 Å². The van der Waals surface area contributed by atoms with Crippen molar-refractivity contribution >= 4 is 34.0 Å². The van der Waals surface area contributed by atoms with Crippen LogP contribution in [0, 0.1) is 17.5 Å². The van der Waals surface area contributed by atoms with Gasteiger partial charge in [0.15, 0.2) is 17.5 Å². The molecule has 0 radical (unpaired) electrons. The Balaban J connectivity index is 2.12. The van der Waals surface area contributed by atoms with E-state index in [1.807, 2.05) is 0 Å². The minimum Gasteiger partial charge on any atom is -0.478 e. The molecule has 0 aliphatic carbocycles. The molecule has 2 aromatic rings. The number of thiophene rings is 1. The van der Waals surface area contributed by atoms with Crippen LogP contribution in [0.3, 0.4) is 0 Å². The van der Waals surface area contributed by atoms with E-state index in [1.54, 1.807) is 0 Å². The van der Waals surface area contributed by atoms with Gasteiger partial charge < -0.3 is 10.4 Å². The standard InChI is InChI=1S/C12H7F3N2O3S/c13-7-3-5(4-8(14)9(7)15)16-12(20)17-10-6(11(18)19)1-2-21-10/h1-4H,(H,18,19)(H2,16,17,20). The molecule has 1 aromatic heterocycles. The predicted molar refractivity (Wildman–Crippen MR) is 70.2 cm³/mol. The molecule has 5 nitrogen and oxygen atoms in total. The number of hydrogen-bond donors (Lipinski definition) is 3. The number of carbonyl (C=O) groups excluding carboxylic acids is 1. The van der Waals surface area contributed by atoms with Gasteiger partial charge in [-0.25, -0.2) is 22.8 Å². The van der Waals surface area contributed by atoms with Gasteiger partial charge in [0.05, 0.1) is 5.56 Å². The van der Waals surface area contributed by atoms with Crippen LogP contribution in [-0.2, 0) is 0 Å². The number of benzene rings is 1. The monoisotopic (exact) mass is 316 g/mol. The van der Waals surface area contributed by atoms with E-state index in [1.165, 1.54) is 11.4 Å². The van der Waals surface area contributed by atoms with E-state index >= 15 is 0 Å². The van der Waals surface area contributed by atoms with Crippen LogP contribution in [0.4, 0.5) is 28.7 Å². The Morgan fingerprint density at radius 3 is 2.29 bits per heavy atom. The SMILES string of the molecule is O=C(Nc1cc(F)c(F)c(F)c1)Nc1sccc1C(=O)O. The van der Waals surface area contributed by atoms with E-state index in [-0.39, 0.29) is 16.3 Å². The maximum Gasteiger partial charge on any atom is 0.338 e. The molecule has 21 heavy (non-hydrogen) atoms. The Bertz CT molecular complexity index is 695. The van der Waals surface area contributed by atoms with Gasteiger partial charge in [-0.3, -0.25) is 5.32 Å².